The third-order valence-corrected chi connectivity index (χ3v) is 3.70. The number of aryl methyl sites for hydroxylation is 1. The number of benzene rings is 1. The van der Waals surface area contributed by atoms with Crippen LogP contribution in [0.2, 0.25) is 0 Å². The first-order valence-corrected chi connectivity index (χ1v) is 6.38. The topological polar surface area (TPSA) is 29.9 Å². The highest BCUT2D eigenvalue weighted by Crippen LogP contribution is 2.24. The minimum atomic E-state index is 0.725. The number of nitrogens with zero attached hydrogens (tertiary/aromatic N) is 2. The summed E-state index contributed by atoms with van der Waals surface area (Å²) in [4.78, 5) is 4.64. The van der Waals surface area contributed by atoms with Gasteiger partial charge in [0, 0.05) is 17.6 Å². The summed E-state index contributed by atoms with van der Waals surface area (Å²) in [5.74, 6) is 1.11. The van der Waals surface area contributed by atoms with Crippen molar-refractivity contribution in [3.8, 4) is 0 Å². The Balaban J connectivity index is 1.98. The first-order chi connectivity index (χ1) is 7.75. The maximum Gasteiger partial charge on any atom is 0.123 e. The Kier molecular flexibility index (Phi) is 2.48. The molecule has 1 N–H and O–H groups in total. The van der Waals surface area contributed by atoms with Gasteiger partial charge in [0.1, 0.15) is 5.82 Å². The summed E-state index contributed by atoms with van der Waals surface area (Å²) in [6.07, 6.45) is 2.63. The van der Waals surface area contributed by atoms with Crippen molar-refractivity contribution >= 4 is 27.0 Å². The molecular weight excluding hydrogens is 266 g/mol. The van der Waals surface area contributed by atoms with E-state index < -0.39 is 0 Å². The number of nitrogens with one attached hydrogen (secondary N) is 1. The summed E-state index contributed by atoms with van der Waals surface area (Å²) in [5, 5.41) is 3.50. The number of aromatic nitrogens is 2. The second-order valence-electron chi connectivity index (χ2n) is 4.35. The number of hydrogen-bond acceptors (Lipinski definition) is 2. The van der Waals surface area contributed by atoms with Crippen LogP contribution in [0.3, 0.4) is 0 Å². The highest BCUT2D eigenvalue weighted by molar-refractivity contribution is 9.10. The van der Waals surface area contributed by atoms with Crippen molar-refractivity contribution in [2.75, 3.05) is 0 Å². The molecule has 16 heavy (non-hydrogen) atoms. The van der Waals surface area contributed by atoms with E-state index >= 15 is 0 Å². The molecule has 0 unspecified atom stereocenters. The Hall–Kier alpha value is -0.870. The maximum absolute atomic E-state index is 4.64. The number of para-hydroxylation sites is 1. The lowest BCUT2D eigenvalue weighted by Gasteiger charge is -2.03. The average molecular weight is 280 g/mol. The van der Waals surface area contributed by atoms with Crippen molar-refractivity contribution in [2.45, 2.75) is 25.4 Å². The van der Waals surface area contributed by atoms with E-state index in [2.05, 4.69) is 50.0 Å². The van der Waals surface area contributed by atoms with E-state index in [9.17, 15) is 0 Å². The molecular formula is C12H14BrN3. The molecule has 1 aromatic carbocycles. The van der Waals surface area contributed by atoms with Crippen LogP contribution < -0.4 is 5.32 Å². The Bertz CT molecular complexity index is 528. The third kappa shape index (κ3) is 1.76. The first-order valence-electron chi connectivity index (χ1n) is 5.59. The molecule has 84 valence electrons. The van der Waals surface area contributed by atoms with E-state index in [1.807, 2.05) is 6.07 Å². The van der Waals surface area contributed by atoms with Gasteiger partial charge in [0.2, 0.25) is 0 Å². The predicted molar refractivity (Wildman–Crippen MR) is 68.3 cm³/mol. The molecule has 0 bridgehead atoms. The fraction of sp³-hybridized carbons (Fsp3) is 0.417. The van der Waals surface area contributed by atoms with Crippen molar-refractivity contribution in [2.24, 2.45) is 7.05 Å². The fourth-order valence-corrected chi connectivity index (χ4v) is 2.57. The molecule has 1 fully saturated rings. The van der Waals surface area contributed by atoms with Crippen LogP contribution in [0.4, 0.5) is 0 Å². The molecule has 0 radical (unpaired) electrons. The van der Waals surface area contributed by atoms with E-state index in [4.69, 9.17) is 0 Å². The van der Waals surface area contributed by atoms with Gasteiger partial charge in [-0.2, -0.15) is 0 Å². The highest BCUT2D eigenvalue weighted by atomic mass is 79.9. The zero-order valence-electron chi connectivity index (χ0n) is 9.20. The Labute approximate surface area is 103 Å². The van der Waals surface area contributed by atoms with Crippen molar-refractivity contribution in [3.05, 3.63) is 28.5 Å². The molecule has 0 atom stereocenters. The van der Waals surface area contributed by atoms with E-state index in [-0.39, 0.29) is 0 Å². The largest absolute Gasteiger partial charge is 0.329 e. The van der Waals surface area contributed by atoms with Crippen molar-refractivity contribution in [1.29, 1.82) is 0 Å². The molecule has 1 aromatic heterocycles. The zero-order chi connectivity index (χ0) is 11.1. The standard InChI is InChI=1S/C12H14BrN3/c1-16-11(7-14-8-5-6-8)15-10-4-2-3-9(13)12(10)16/h2-4,8,14H,5-7H2,1H3. The number of imidazole rings is 1. The van der Waals surface area contributed by atoms with Crippen LogP contribution in [0.1, 0.15) is 18.7 Å². The minimum absolute atomic E-state index is 0.725. The zero-order valence-corrected chi connectivity index (χ0v) is 10.8. The van der Waals surface area contributed by atoms with Gasteiger partial charge in [0.15, 0.2) is 0 Å². The SMILES string of the molecule is Cn1c(CNC2CC2)nc2cccc(Br)c21. The van der Waals surface area contributed by atoms with Crippen LogP contribution in [0.15, 0.2) is 22.7 Å². The van der Waals surface area contributed by atoms with Crippen LogP contribution in [0.25, 0.3) is 11.0 Å². The lowest BCUT2D eigenvalue weighted by Crippen LogP contribution is -2.18. The minimum Gasteiger partial charge on any atom is -0.329 e. The van der Waals surface area contributed by atoms with Gasteiger partial charge in [-0.15, -0.1) is 0 Å². The summed E-state index contributed by atoms with van der Waals surface area (Å²) in [6, 6.07) is 6.86. The van der Waals surface area contributed by atoms with E-state index in [0.29, 0.717) is 0 Å². The Morgan fingerprint density at radius 2 is 2.31 bits per heavy atom. The van der Waals surface area contributed by atoms with Crippen LogP contribution in [0.5, 0.6) is 0 Å². The van der Waals surface area contributed by atoms with Crippen LogP contribution in [-0.2, 0) is 13.6 Å². The molecule has 0 amide bonds. The van der Waals surface area contributed by atoms with Crippen molar-refractivity contribution < 1.29 is 0 Å². The van der Waals surface area contributed by atoms with Gasteiger partial charge >= 0.3 is 0 Å². The van der Waals surface area contributed by atoms with Crippen LogP contribution >= 0.6 is 15.9 Å². The lowest BCUT2D eigenvalue weighted by molar-refractivity contribution is 0.639. The van der Waals surface area contributed by atoms with E-state index in [0.717, 1.165) is 28.4 Å². The van der Waals surface area contributed by atoms with Crippen molar-refractivity contribution in [3.63, 3.8) is 0 Å². The molecule has 3 rings (SSSR count). The molecule has 1 aliphatic carbocycles. The van der Waals surface area contributed by atoms with Gasteiger partial charge in [-0.3, -0.25) is 0 Å². The summed E-state index contributed by atoms with van der Waals surface area (Å²) in [5.41, 5.74) is 2.24. The fourth-order valence-electron chi connectivity index (χ4n) is 1.95. The van der Waals surface area contributed by atoms with Gasteiger partial charge in [0.05, 0.1) is 17.6 Å². The summed E-state index contributed by atoms with van der Waals surface area (Å²) >= 11 is 3.57. The second kappa shape index (κ2) is 3.86. The third-order valence-electron chi connectivity index (χ3n) is 3.06. The summed E-state index contributed by atoms with van der Waals surface area (Å²) < 4.78 is 3.27. The molecule has 0 saturated heterocycles. The normalized spacial score (nSPS) is 15.9. The molecule has 3 nitrogen and oxygen atoms in total. The molecule has 1 heterocycles. The van der Waals surface area contributed by atoms with E-state index in [1.165, 1.54) is 18.4 Å². The molecule has 4 heteroatoms. The maximum atomic E-state index is 4.64. The summed E-state index contributed by atoms with van der Waals surface area (Å²) in [6.45, 7) is 0.863. The Morgan fingerprint density at radius 1 is 1.50 bits per heavy atom. The number of hydrogen-bond donors (Lipinski definition) is 1. The first kappa shape index (κ1) is 10.3. The van der Waals surface area contributed by atoms with Crippen LogP contribution in [-0.4, -0.2) is 15.6 Å². The summed E-state index contributed by atoms with van der Waals surface area (Å²) in [7, 11) is 2.07. The van der Waals surface area contributed by atoms with Gasteiger partial charge in [-0.05, 0) is 40.9 Å². The highest BCUT2D eigenvalue weighted by Gasteiger charge is 2.21. The molecule has 0 aliphatic heterocycles. The van der Waals surface area contributed by atoms with E-state index in [1.54, 1.807) is 0 Å². The second-order valence-corrected chi connectivity index (χ2v) is 5.20. The van der Waals surface area contributed by atoms with Crippen LogP contribution in [0, 0.1) is 0 Å². The van der Waals surface area contributed by atoms with Gasteiger partial charge in [-0.25, -0.2) is 4.98 Å². The smallest absolute Gasteiger partial charge is 0.123 e. The molecule has 2 aromatic rings. The lowest BCUT2D eigenvalue weighted by atomic mass is 10.3. The quantitative estimate of drug-likeness (QED) is 0.936. The Morgan fingerprint density at radius 3 is 3.00 bits per heavy atom. The monoisotopic (exact) mass is 279 g/mol. The van der Waals surface area contributed by atoms with Crippen molar-refractivity contribution in [1.82, 2.24) is 14.9 Å². The predicted octanol–water partition coefficient (Wildman–Crippen LogP) is 2.59. The number of rotatable bonds is 3. The molecule has 0 spiro atoms. The molecule has 1 saturated carbocycles. The average Bonchev–Trinajstić information content (AvgIpc) is 3.02. The number of halogens is 1. The molecule has 1 aliphatic rings. The van der Waals surface area contributed by atoms with Gasteiger partial charge < -0.3 is 9.88 Å². The van der Waals surface area contributed by atoms with Gasteiger partial charge in [-0.1, -0.05) is 6.07 Å². The number of fused-ring (bicyclic) bond motifs is 1. The van der Waals surface area contributed by atoms with Gasteiger partial charge in [0.25, 0.3) is 0 Å².